The van der Waals surface area contributed by atoms with Crippen molar-refractivity contribution in [2.75, 3.05) is 19.6 Å². The van der Waals surface area contributed by atoms with E-state index in [9.17, 15) is 19.7 Å². The maximum Gasteiger partial charge on any atom is 0.273 e. The second kappa shape index (κ2) is 6.34. The Labute approximate surface area is 122 Å². The molecule has 1 N–H and O–H groups in total. The predicted octanol–water partition coefficient (Wildman–Crippen LogP) is 1.26. The number of amides is 2. The molecule has 21 heavy (non-hydrogen) atoms. The van der Waals surface area contributed by atoms with Gasteiger partial charge in [-0.3, -0.25) is 19.7 Å². The third-order valence-corrected chi connectivity index (χ3v) is 3.53. The summed E-state index contributed by atoms with van der Waals surface area (Å²) in [6.07, 6.45) is 1.98. The molecule has 0 unspecified atom stereocenters. The first-order valence-corrected chi connectivity index (χ1v) is 6.80. The summed E-state index contributed by atoms with van der Waals surface area (Å²) in [5, 5.41) is 13.4. The van der Waals surface area contributed by atoms with E-state index in [1.807, 2.05) is 0 Å². The highest BCUT2D eigenvalue weighted by Gasteiger charge is 2.19. The van der Waals surface area contributed by atoms with Crippen molar-refractivity contribution < 1.29 is 14.5 Å². The molecule has 0 aromatic heterocycles. The Bertz CT molecular complexity index is 580. The first-order chi connectivity index (χ1) is 9.99. The molecular weight excluding hydrogens is 274 g/mol. The Morgan fingerprint density at radius 3 is 2.62 bits per heavy atom. The van der Waals surface area contributed by atoms with Gasteiger partial charge < -0.3 is 10.2 Å². The van der Waals surface area contributed by atoms with Crippen LogP contribution in [-0.2, 0) is 4.79 Å². The van der Waals surface area contributed by atoms with Gasteiger partial charge in [-0.1, -0.05) is 6.07 Å². The summed E-state index contributed by atoms with van der Waals surface area (Å²) in [6, 6.07) is 4.26. The summed E-state index contributed by atoms with van der Waals surface area (Å²) in [4.78, 5) is 35.8. The zero-order valence-corrected chi connectivity index (χ0v) is 11.8. The van der Waals surface area contributed by atoms with Gasteiger partial charge in [-0.2, -0.15) is 0 Å². The largest absolute Gasteiger partial charge is 0.343 e. The Kier molecular flexibility index (Phi) is 4.52. The highest BCUT2D eigenvalue weighted by molar-refractivity contribution is 5.97. The number of nitrogens with zero attached hydrogens (tertiary/aromatic N) is 2. The van der Waals surface area contributed by atoms with Crippen LogP contribution in [-0.4, -0.2) is 41.3 Å². The van der Waals surface area contributed by atoms with E-state index in [2.05, 4.69) is 5.32 Å². The lowest BCUT2D eigenvalue weighted by Gasteiger charge is -2.15. The van der Waals surface area contributed by atoms with Crippen LogP contribution in [0, 0.1) is 17.0 Å². The Morgan fingerprint density at radius 2 is 2.00 bits per heavy atom. The number of nitro groups is 1. The zero-order chi connectivity index (χ0) is 15.4. The van der Waals surface area contributed by atoms with Gasteiger partial charge in [0.2, 0.25) is 5.91 Å². The van der Waals surface area contributed by atoms with Crippen molar-refractivity contribution in [3.8, 4) is 0 Å². The van der Waals surface area contributed by atoms with Gasteiger partial charge in [-0.25, -0.2) is 0 Å². The smallest absolute Gasteiger partial charge is 0.273 e. The van der Waals surface area contributed by atoms with E-state index in [0.29, 0.717) is 5.56 Å². The molecule has 2 rings (SSSR count). The van der Waals surface area contributed by atoms with Crippen LogP contribution in [0.4, 0.5) is 5.69 Å². The molecule has 112 valence electrons. The van der Waals surface area contributed by atoms with E-state index in [1.54, 1.807) is 11.8 Å². The van der Waals surface area contributed by atoms with Crippen molar-refractivity contribution in [1.82, 2.24) is 10.2 Å². The average molecular weight is 291 g/mol. The molecule has 1 aromatic carbocycles. The normalized spacial score (nSPS) is 14.0. The van der Waals surface area contributed by atoms with E-state index in [0.717, 1.165) is 25.9 Å². The fourth-order valence-electron chi connectivity index (χ4n) is 2.28. The van der Waals surface area contributed by atoms with Crippen molar-refractivity contribution in [2.24, 2.45) is 0 Å². The summed E-state index contributed by atoms with van der Waals surface area (Å²) in [5.74, 6) is -0.604. The van der Waals surface area contributed by atoms with E-state index in [4.69, 9.17) is 0 Å². The molecule has 2 amide bonds. The minimum Gasteiger partial charge on any atom is -0.343 e. The molecule has 0 radical (unpaired) electrons. The first-order valence-electron chi connectivity index (χ1n) is 6.80. The molecule has 0 aliphatic carbocycles. The minimum absolute atomic E-state index is 0.0828. The molecule has 0 saturated carbocycles. The lowest BCUT2D eigenvalue weighted by Crippen LogP contribution is -2.38. The van der Waals surface area contributed by atoms with Crippen LogP contribution >= 0.6 is 0 Å². The van der Waals surface area contributed by atoms with E-state index in [1.165, 1.54) is 18.2 Å². The third kappa shape index (κ3) is 3.56. The van der Waals surface area contributed by atoms with Crippen LogP contribution in [0.2, 0.25) is 0 Å². The summed E-state index contributed by atoms with van der Waals surface area (Å²) in [5.41, 5.74) is 0.569. The second-order valence-corrected chi connectivity index (χ2v) is 5.03. The predicted molar refractivity (Wildman–Crippen MR) is 76.0 cm³/mol. The summed E-state index contributed by atoms with van der Waals surface area (Å²) >= 11 is 0. The standard InChI is InChI=1S/C14H17N3O4/c1-10-4-5-11(8-12(10)17(20)21)14(19)15-9-13(18)16-6-2-3-7-16/h4-5,8H,2-3,6-7,9H2,1H3,(H,15,19). The molecule has 1 saturated heterocycles. The van der Waals surface area contributed by atoms with E-state index < -0.39 is 10.8 Å². The zero-order valence-electron chi connectivity index (χ0n) is 11.8. The van der Waals surface area contributed by atoms with Crippen LogP contribution in [0.1, 0.15) is 28.8 Å². The van der Waals surface area contributed by atoms with Gasteiger partial charge in [0.25, 0.3) is 11.6 Å². The second-order valence-electron chi connectivity index (χ2n) is 5.03. The van der Waals surface area contributed by atoms with Crippen molar-refractivity contribution in [1.29, 1.82) is 0 Å². The van der Waals surface area contributed by atoms with Gasteiger partial charge in [-0.05, 0) is 25.8 Å². The lowest BCUT2D eigenvalue weighted by molar-refractivity contribution is -0.385. The quantitative estimate of drug-likeness (QED) is 0.667. The number of carbonyl (C=O) groups is 2. The van der Waals surface area contributed by atoms with Gasteiger partial charge in [0.05, 0.1) is 11.5 Å². The van der Waals surface area contributed by atoms with Crippen LogP contribution < -0.4 is 5.32 Å². The Morgan fingerprint density at radius 1 is 1.33 bits per heavy atom. The number of hydrogen-bond donors (Lipinski definition) is 1. The van der Waals surface area contributed by atoms with Gasteiger partial charge in [-0.15, -0.1) is 0 Å². The topological polar surface area (TPSA) is 92.6 Å². The number of rotatable bonds is 4. The number of benzene rings is 1. The summed E-state index contributed by atoms with van der Waals surface area (Å²) < 4.78 is 0. The number of nitrogens with one attached hydrogen (secondary N) is 1. The van der Waals surface area contributed by atoms with Crippen LogP contribution in [0.5, 0.6) is 0 Å². The number of carbonyl (C=O) groups excluding carboxylic acids is 2. The lowest BCUT2D eigenvalue weighted by atomic mass is 10.1. The summed E-state index contributed by atoms with van der Waals surface area (Å²) in [6.45, 7) is 2.98. The van der Waals surface area contributed by atoms with Crippen LogP contribution in [0.25, 0.3) is 0 Å². The maximum absolute atomic E-state index is 11.9. The number of nitro benzene ring substituents is 1. The van der Waals surface area contributed by atoms with E-state index >= 15 is 0 Å². The molecule has 0 atom stereocenters. The minimum atomic E-state index is -0.526. The highest BCUT2D eigenvalue weighted by Crippen LogP contribution is 2.19. The molecular formula is C14H17N3O4. The van der Waals surface area contributed by atoms with Gasteiger partial charge in [0, 0.05) is 30.3 Å². The fourth-order valence-corrected chi connectivity index (χ4v) is 2.28. The number of aryl methyl sites for hydroxylation is 1. The van der Waals surface area contributed by atoms with Crippen molar-refractivity contribution in [2.45, 2.75) is 19.8 Å². The average Bonchev–Trinajstić information content (AvgIpc) is 2.98. The third-order valence-electron chi connectivity index (χ3n) is 3.53. The monoisotopic (exact) mass is 291 g/mol. The molecule has 1 aliphatic rings. The molecule has 7 nitrogen and oxygen atoms in total. The van der Waals surface area contributed by atoms with E-state index in [-0.39, 0.29) is 23.7 Å². The molecule has 1 fully saturated rings. The van der Waals surface area contributed by atoms with Gasteiger partial charge in [0.15, 0.2) is 0 Å². The first kappa shape index (κ1) is 15.0. The number of hydrogen-bond acceptors (Lipinski definition) is 4. The maximum atomic E-state index is 11.9. The molecule has 0 spiro atoms. The van der Waals surface area contributed by atoms with Crippen molar-refractivity contribution in [3.63, 3.8) is 0 Å². The number of likely N-dealkylation sites (tertiary alicyclic amines) is 1. The molecule has 0 bridgehead atoms. The molecule has 1 heterocycles. The van der Waals surface area contributed by atoms with Gasteiger partial charge in [0.1, 0.15) is 0 Å². The molecule has 1 aliphatic heterocycles. The Balaban J connectivity index is 1.98. The molecule has 1 aromatic rings. The highest BCUT2D eigenvalue weighted by atomic mass is 16.6. The van der Waals surface area contributed by atoms with Crippen LogP contribution in [0.3, 0.4) is 0 Å². The van der Waals surface area contributed by atoms with Crippen LogP contribution in [0.15, 0.2) is 18.2 Å². The van der Waals surface area contributed by atoms with Crippen molar-refractivity contribution in [3.05, 3.63) is 39.4 Å². The van der Waals surface area contributed by atoms with Gasteiger partial charge >= 0.3 is 0 Å². The fraction of sp³-hybridized carbons (Fsp3) is 0.429. The van der Waals surface area contributed by atoms with Crippen molar-refractivity contribution >= 4 is 17.5 Å². The SMILES string of the molecule is Cc1ccc(C(=O)NCC(=O)N2CCCC2)cc1[N+](=O)[O-]. The molecule has 7 heteroatoms. The Hall–Kier alpha value is -2.44. The summed E-state index contributed by atoms with van der Waals surface area (Å²) in [7, 11) is 0.